The number of carbonyl (C=O) groups is 1. The average Bonchev–Trinajstić information content (AvgIpc) is 2.65. The van der Waals surface area contributed by atoms with E-state index in [2.05, 4.69) is 0 Å². The minimum Gasteiger partial charge on any atom is -0.550 e. The first-order chi connectivity index (χ1) is 15.4. The van der Waals surface area contributed by atoms with Gasteiger partial charge in [-0.2, -0.15) is 0 Å². The predicted molar refractivity (Wildman–Crippen MR) is 142 cm³/mol. The Hall–Kier alpha value is 0.0900. The summed E-state index contributed by atoms with van der Waals surface area (Å²) in [5, 5.41) is 12.3. The SMILES string of the molecule is CCC(=O)[O-].Clc1cc(Cl)c([S+](c2c(Cl)cc(Cl)cc2Cl)c2c(Cl)cc(Cl)cc2Cl)c(Cl)c1. The van der Waals surface area contributed by atoms with Crippen molar-refractivity contribution in [3.63, 3.8) is 0 Å². The van der Waals surface area contributed by atoms with Gasteiger partial charge < -0.3 is 9.90 Å². The molecule has 2 nitrogen and oxygen atoms in total. The molecule has 0 bridgehead atoms. The van der Waals surface area contributed by atoms with Gasteiger partial charge in [-0.25, -0.2) is 0 Å². The van der Waals surface area contributed by atoms with Crippen molar-refractivity contribution in [2.45, 2.75) is 28.0 Å². The molecular formula is C21H11Cl9O2S. The Bertz CT molecular complexity index is 995. The lowest BCUT2D eigenvalue weighted by Gasteiger charge is -2.16. The van der Waals surface area contributed by atoms with Crippen molar-refractivity contribution in [2.24, 2.45) is 0 Å². The first-order valence-corrected chi connectivity index (χ1v) is 13.4. The van der Waals surface area contributed by atoms with E-state index in [4.69, 9.17) is 104 Å². The molecule has 3 aromatic rings. The van der Waals surface area contributed by atoms with Gasteiger partial charge in [0.15, 0.2) is 0 Å². The number of hydrogen-bond acceptors (Lipinski definition) is 2. The molecule has 0 saturated heterocycles. The number of rotatable bonds is 4. The van der Waals surface area contributed by atoms with Crippen LogP contribution >= 0.6 is 104 Å². The summed E-state index contributed by atoms with van der Waals surface area (Å²) >= 11 is 57.3. The van der Waals surface area contributed by atoms with Gasteiger partial charge in [-0.1, -0.05) is 111 Å². The first kappa shape index (κ1) is 29.3. The highest BCUT2D eigenvalue weighted by Gasteiger charge is 2.41. The highest BCUT2D eigenvalue weighted by atomic mass is 35.5. The van der Waals surface area contributed by atoms with Crippen molar-refractivity contribution >= 4 is 121 Å². The van der Waals surface area contributed by atoms with Gasteiger partial charge in [-0.05, 0) is 42.8 Å². The minimum absolute atomic E-state index is 0.111. The molecule has 0 fully saturated rings. The van der Waals surface area contributed by atoms with Crippen LogP contribution in [0.1, 0.15) is 13.3 Å². The van der Waals surface area contributed by atoms with Crippen molar-refractivity contribution in [2.75, 3.05) is 0 Å². The predicted octanol–water partition coefficient (Wildman–Crippen LogP) is 9.81. The van der Waals surface area contributed by atoms with Gasteiger partial charge in [0.05, 0.1) is 30.1 Å². The monoisotopic (exact) mass is 642 g/mol. The molecule has 0 saturated carbocycles. The lowest BCUT2D eigenvalue weighted by atomic mass is 10.3. The second kappa shape index (κ2) is 12.9. The van der Waals surface area contributed by atoms with Crippen LogP contribution in [0.25, 0.3) is 0 Å². The quantitative estimate of drug-likeness (QED) is 0.265. The lowest BCUT2D eigenvalue weighted by Crippen LogP contribution is -2.19. The molecule has 0 amide bonds. The van der Waals surface area contributed by atoms with Crippen molar-refractivity contribution in [3.05, 3.63) is 81.6 Å². The number of carboxylic acid groups (broad SMARTS) is 1. The molecular weight excluding hydrogens is 635 g/mol. The maximum absolute atomic E-state index is 9.26. The second-order valence-electron chi connectivity index (χ2n) is 6.13. The molecule has 0 spiro atoms. The fraction of sp³-hybridized carbons (Fsp3) is 0.0952. The zero-order valence-corrected chi connectivity index (χ0v) is 23.9. The molecule has 33 heavy (non-hydrogen) atoms. The van der Waals surface area contributed by atoms with Crippen LogP contribution in [0.3, 0.4) is 0 Å². The molecule has 0 heterocycles. The normalized spacial score (nSPS) is 10.8. The molecule has 176 valence electrons. The number of hydrogen-bond donors (Lipinski definition) is 0. The van der Waals surface area contributed by atoms with E-state index in [0.717, 1.165) is 0 Å². The molecule has 0 aromatic heterocycles. The van der Waals surface area contributed by atoms with Crippen molar-refractivity contribution in [1.82, 2.24) is 0 Å². The highest BCUT2D eigenvalue weighted by Crippen LogP contribution is 2.50. The standard InChI is InChI=1S/C18H6Cl9S.C3H6O2/c19-7-1-10(22)16(11(23)2-7)28(17-12(24)3-8(20)4-13(17)25)18-14(26)5-9(21)6-15(18)27;1-2-3(4)5/h1-6H;2H2,1H3,(H,4,5)/q+1;/p-1. The van der Waals surface area contributed by atoms with Crippen LogP contribution < -0.4 is 5.11 Å². The molecule has 0 atom stereocenters. The molecule has 0 radical (unpaired) electrons. The van der Waals surface area contributed by atoms with Crippen LogP contribution in [-0.2, 0) is 15.7 Å². The van der Waals surface area contributed by atoms with Gasteiger partial charge in [-0.15, -0.1) is 0 Å². The molecule has 0 aliphatic carbocycles. The summed E-state index contributed by atoms with van der Waals surface area (Å²) in [5.74, 6) is -0.995. The van der Waals surface area contributed by atoms with Gasteiger partial charge in [-0.3, -0.25) is 0 Å². The molecule has 0 aliphatic heterocycles. The summed E-state index contributed by atoms with van der Waals surface area (Å²) in [6.45, 7) is 1.54. The third kappa shape index (κ3) is 7.54. The van der Waals surface area contributed by atoms with E-state index < -0.39 is 16.9 Å². The molecule has 0 N–H and O–H groups in total. The fourth-order valence-corrected chi connectivity index (χ4v) is 8.45. The summed E-state index contributed by atoms with van der Waals surface area (Å²) in [6.07, 6.45) is 0.111. The van der Waals surface area contributed by atoms with Crippen LogP contribution in [0.5, 0.6) is 0 Å². The summed E-state index contributed by atoms with van der Waals surface area (Å²) < 4.78 is 0. The Kier molecular flexibility index (Phi) is 11.4. The Morgan fingerprint density at radius 1 is 0.606 bits per heavy atom. The average molecular weight is 646 g/mol. The van der Waals surface area contributed by atoms with Crippen molar-refractivity contribution in [3.8, 4) is 0 Å². The third-order valence-electron chi connectivity index (χ3n) is 3.79. The van der Waals surface area contributed by atoms with E-state index in [-0.39, 0.29) is 6.42 Å². The van der Waals surface area contributed by atoms with Gasteiger partial charge in [0, 0.05) is 21.0 Å². The molecule has 3 aromatic carbocycles. The molecule has 12 heteroatoms. The smallest absolute Gasteiger partial charge is 0.203 e. The Labute approximate surface area is 238 Å². The first-order valence-electron chi connectivity index (χ1n) is 8.75. The maximum Gasteiger partial charge on any atom is 0.203 e. The fourth-order valence-electron chi connectivity index (χ4n) is 2.48. The van der Waals surface area contributed by atoms with Crippen LogP contribution in [0.2, 0.25) is 45.2 Å². The Morgan fingerprint density at radius 3 is 0.939 bits per heavy atom. The third-order valence-corrected chi connectivity index (χ3v) is 9.45. The Balaban J connectivity index is 0.000000696. The van der Waals surface area contributed by atoms with E-state index >= 15 is 0 Å². The topological polar surface area (TPSA) is 40.1 Å². The zero-order chi connectivity index (χ0) is 25.0. The number of aliphatic carboxylic acids is 1. The molecule has 0 aliphatic rings. The van der Waals surface area contributed by atoms with Gasteiger partial charge >= 0.3 is 0 Å². The van der Waals surface area contributed by atoms with Crippen molar-refractivity contribution < 1.29 is 9.90 Å². The summed E-state index contributed by atoms with van der Waals surface area (Å²) in [4.78, 5) is 10.8. The number of carbonyl (C=O) groups excluding carboxylic acids is 1. The summed E-state index contributed by atoms with van der Waals surface area (Å²) in [7, 11) is -1.08. The van der Waals surface area contributed by atoms with Crippen molar-refractivity contribution in [1.29, 1.82) is 0 Å². The lowest BCUT2D eigenvalue weighted by molar-refractivity contribution is -0.305. The molecule has 0 unspecified atom stereocenters. The number of carboxylic acids is 1. The summed E-state index contributed by atoms with van der Waals surface area (Å²) in [6, 6.07) is 9.42. The molecule has 3 rings (SSSR count). The maximum atomic E-state index is 9.26. The van der Waals surface area contributed by atoms with Gasteiger partial charge in [0.2, 0.25) is 14.7 Å². The van der Waals surface area contributed by atoms with E-state index in [1.54, 1.807) is 36.4 Å². The van der Waals surface area contributed by atoms with Gasteiger partial charge in [0.1, 0.15) is 10.9 Å². The van der Waals surface area contributed by atoms with E-state index in [1.807, 2.05) is 0 Å². The highest BCUT2D eigenvalue weighted by molar-refractivity contribution is 7.97. The summed E-state index contributed by atoms with van der Waals surface area (Å²) in [5.41, 5.74) is 0. The largest absolute Gasteiger partial charge is 0.550 e. The number of benzene rings is 3. The number of halogens is 9. The van der Waals surface area contributed by atoms with Crippen LogP contribution in [-0.4, -0.2) is 5.97 Å². The van der Waals surface area contributed by atoms with Crippen LogP contribution in [0.4, 0.5) is 0 Å². The van der Waals surface area contributed by atoms with Crippen LogP contribution in [0.15, 0.2) is 51.1 Å². The Morgan fingerprint density at radius 2 is 0.788 bits per heavy atom. The van der Waals surface area contributed by atoms with E-state index in [1.165, 1.54) is 6.92 Å². The minimum atomic E-state index is -1.08. The van der Waals surface area contributed by atoms with E-state index in [0.29, 0.717) is 59.9 Å². The van der Waals surface area contributed by atoms with Gasteiger partial charge in [0.25, 0.3) is 0 Å². The van der Waals surface area contributed by atoms with Crippen LogP contribution in [0, 0.1) is 0 Å². The van der Waals surface area contributed by atoms with E-state index in [9.17, 15) is 9.90 Å². The zero-order valence-electron chi connectivity index (χ0n) is 16.3. The second-order valence-corrected chi connectivity index (χ2v) is 11.7.